The second-order valence-electron chi connectivity index (χ2n) is 6.45. The van der Waals surface area contributed by atoms with Crippen molar-refractivity contribution in [2.24, 2.45) is 0 Å². The Balaban J connectivity index is 1.65. The van der Waals surface area contributed by atoms with Crippen molar-refractivity contribution in [2.75, 3.05) is 13.1 Å². The summed E-state index contributed by atoms with van der Waals surface area (Å²) in [7, 11) is -4.12. The average molecular weight is 394 g/mol. The Labute approximate surface area is 157 Å². The highest BCUT2D eigenvalue weighted by molar-refractivity contribution is 7.89. The minimum absolute atomic E-state index is 0.0322. The lowest BCUT2D eigenvalue weighted by Gasteiger charge is -2.26. The number of carbonyl (C=O) groups excluding carboxylic acids is 1. The zero-order valence-corrected chi connectivity index (χ0v) is 15.4. The normalized spacial score (nSPS) is 15.0. The van der Waals surface area contributed by atoms with Crippen molar-refractivity contribution >= 4 is 15.9 Å². The van der Waals surface area contributed by atoms with Crippen molar-refractivity contribution in [2.45, 2.75) is 30.7 Å². The number of nitrogens with zero attached hydrogens (tertiary/aromatic N) is 1. The lowest BCUT2D eigenvalue weighted by Crippen LogP contribution is -2.35. The Hall–Kier alpha value is -2.32. The molecule has 1 aliphatic rings. The quantitative estimate of drug-likeness (QED) is 0.848. The highest BCUT2D eigenvalue weighted by Crippen LogP contribution is 2.17. The van der Waals surface area contributed by atoms with E-state index in [1.807, 2.05) is 4.90 Å². The molecular weight excluding hydrogens is 374 g/mol. The lowest BCUT2D eigenvalue weighted by atomic mass is 10.1. The van der Waals surface area contributed by atoms with Crippen molar-refractivity contribution in [1.29, 1.82) is 0 Å². The standard InChI is InChI=1S/C19H20F2N2O3S/c20-16-8-9-18(17(21)12-16)27(25,26)22-13-14-4-6-15(7-5-14)19(24)23-10-2-1-3-11-23/h4-9,12,22H,1-3,10-11,13H2. The highest BCUT2D eigenvalue weighted by Gasteiger charge is 2.20. The van der Waals surface area contributed by atoms with Gasteiger partial charge in [0.2, 0.25) is 10.0 Å². The molecule has 1 heterocycles. The maximum absolute atomic E-state index is 13.7. The van der Waals surface area contributed by atoms with E-state index in [0.29, 0.717) is 17.2 Å². The summed E-state index contributed by atoms with van der Waals surface area (Å²) in [6, 6.07) is 8.90. The number of amides is 1. The predicted molar refractivity (Wildman–Crippen MR) is 96.6 cm³/mol. The number of halogens is 2. The number of hydrogen-bond donors (Lipinski definition) is 1. The van der Waals surface area contributed by atoms with E-state index in [1.165, 1.54) is 0 Å². The maximum Gasteiger partial charge on any atom is 0.253 e. The van der Waals surface area contributed by atoms with Crippen LogP contribution in [0.4, 0.5) is 8.78 Å². The Morgan fingerprint density at radius 1 is 1.00 bits per heavy atom. The van der Waals surface area contributed by atoms with Crippen LogP contribution in [0, 0.1) is 11.6 Å². The SMILES string of the molecule is O=C(c1ccc(CNS(=O)(=O)c2ccc(F)cc2F)cc1)N1CCCCC1. The largest absolute Gasteiger partial charge is 0.339 e. The first-order valence-electron chi connectivity index (χ1n) is 8.70. The van der Waals surface area contributed by atoms with Crippen LogP contribution < -0.4 is 4.72 Å². The maximum atomic E-state index is 13.7. The van der Waals surface area contributed by atoms with Gasteiger partial charge < -0.3 is 4.90 Å². The molecule has 0 spiro atoms. The van der Waals surface area contributed by atoms with E-state index in [9.17, 15) is 22.0 Å². The van der Waals surface area contributed by atoms with Crippen LogP contribution in [0.2, 0.25) is 0 Å². The molecule has 1 fully saturated rings. The molecule has 1 N–H and O–H groups in total. The number of hydrogen-bond acceptors (Lipinski definition) is 3. The van der Waals surface area contributed by atoms with E-state index < -0.39 is 26.6 Å². The van der Waals surface area contributed by atoms with Gasteiger partial charge in [0.25, 0.3) is 5.91 Å². The van der Waals surface area contributed by atoms with Crippen molar-refractivity contribution in [3.8, 4) is 0 Å². The number of nitrogens with one attached hydrogen (secondary N) is 1. The molecule has 0 radical (unpaired) electrons. The van der Waals surface area contributed by atoms with Crippen LogP contribution >= 0.6 is 0 Å². The summed E-state index contributed by atoms with van der Waals surface area (Å²) >= 11 is 0. The van der Waals surface area contributed by atoms with Crippen LogP contribution in [0.1, 0.15) is 35.2 Å². The Morgan fingerprint density at radius 2 is 1.67 bits per heavy atom. The van der Waals surface area contributed by atoms with Gasteiger partial charge in [-0.05, 0) is 49.1 Å². The molecule has 8 heteroatoms. The smallest absolute Gasteiger partial charge is 0.253 e. The van der Waals surface area contributed by atoms with Crippen molar-refractivity contribution in [3.05, 3.63) is 65.2 Å². The Kier molecular flexibility index (Phi) is 5.86. The third-order valence-corrected chi connectivity index (χ3v) is 5.93. The van der Waals surface area contributed by atoms with Crippen molar-refractivity contribution in [3.63, 3.8) is 0 Å². The van der Waals surface area contributed by atoms with Gasteiger partial charge in [0.05, 0.1) is 0 Å². The molecule has 2 aromatic rings. The molecule has 0 aromatic heterocycles. The predicted octanol–water partition coefficient (Wildman–Crippen LogP) is 3.07. The lowest BCUT2D eigenvalue weighted by molar-refractivity contribution is 0.0724. The number of rotatable bonds is 5. The van der Waals surface area contributed by atoms with Crippen molar-refractivity contribution < 1.29 is 22.0 Å². The monoisotopic (exact) mass is 394 g/mol. The second kappa shape index (κ2) is 8.14. The van der Waals surface area contributed by atoms with Gasteiger partial charge in [0.1, 0.15) is 16.5 Å². The molecule has 1 saturated heterocycles. The topological polar surface area (TPSA) is 66.5 Å². The molecule has 0 atom stereocenters. The number of sulfonamides is 1. The number of piperidine rings is 1. The van der Waals surface area contributed by atoms with Crippen molar-refractivity contribution in [1.82, 2.24) is 9.62 Å². The zero-order valence-electron chi connectivity index (χ0n) is 14.6. The van der Waals surface area contributed by atoms with Crippen LogP contribution in [0.15, 0.2) is 47.4 Å². The molecule has 0 aliphatic carbocycles. The molecule has 2 aromatic carbocycles. The fraction of sp³-hybridized carbons (Fsp3) is 0.316. The van der Waals surface area contributed by atoms with Crippen LogP contribution in [0.3, 0.4) is 0 Å². The van der Waals surface area contributed by atoms with Crippen LogP contribution in [-0.4, -0.2) is 32.3 Å². The first-order chi connectivity index (χ1) is 12.9. The summed E-state index contributed by atoms with van der Waals surface area (Å²) in [4.78, 5) is 13.6. The van der Waals surface area contributed by atoms with Gasteiger partial charge in [-0.25, -0.2) is 21.9 Å². The van der Waals surface area contributed by atoms with E-state index >= 15 is 0 Å². The summed E-state index contributed by atoms with van der Waals surface area (Å²) in [5.74, 6) is -2.03. The fourth-order valence-corrected chi connectivity index (χ4v) is 4.07. The van der Waals surface area contributed by atoms with Gasteiger partial charge in [-0.3, -0.25) is 4.79 Å². The highest BCUT2D eigenvalue weighted by atomic mass is 32.2. The van der Waals surface area contributed by atoms with E-state index in [-0.39, 0.29) is 12.5 Å². The van der Waals surface area contributed by atoms with Gasteiger partial charge in [0, 0.05) is 31.3 Å². The van der Waals surface area contributed by atoms with Gasteiger partial charge >= 0.3 is 0 Å². The van der Waals surface area contributed by atoms with E-state index in [2.05, 4.69) is 4.72 Å². The van der Waals surface area contributed by atoms with Crippen LogP contribution in [0.25, 0.3) is 0 Å². The Morgan fingerprint density at radius 3 is 2.30 bits per heavy atom. The molecule has 27 heavy (non-hydrogen) atoms. The fourth-order valence-electron chi connectivity index (χ4n) is 2.99. The molecule has 0 unspecified atom stereocenters. The first kappa shape index (κ1) is 19.4. The van der Waals surface area contributed by atoms with Gasteiger partial charge in [-0.2, -0.15) is 0 Å². The van der Waals surface area contributed by atoms with Gasteiger partial charge in [-0.15, -0.1) is 0 Å². The summed E-state index contributed by atoms with van der Waals surface area (Å²) in [5.41, 5.74) is 1.17. The number of carbonyl (C=O) groups is 1. The molecular formula is C19H20F2N2O3S. The van der Waals surface area contributed by atoms with Gasteiger partial charge in [-0.1, -0.05) is 12.1 Å². The first-order valence-corrected chi connectivity index (χ1v) is 10.2. The molecule has 0 bridgehead atoms. The number of likely N-dealkylation sites (tertiary alicyclic amines) is 1. The summed E-state index contributed by atoms with van der Waals surface area (Å²) in [6.07, 6.45) is 3.15. The van der Waals surface area contributed by atoms with Crippen LogP contribution in [0.5, 0.6) is 0 Å². The Bertz CT molecular complexity index is 924. The van der Waals surface area contributed by atoms with Gasteiger partial charge in [0.15, 0.2) is 0 Å². The molecule has 5 nitrogen and oxygen atoms in total. The molecule has 3 rings (SSSR count). The number of benzene rings is 2. The minimum Gasteiger partial charge on any atom is -0.339 e. The summed E-state index contributed by atoms with van der Waals surface area (Å²) < 4.78 is 53.3. The molecule has 1 aliphatic heterocycles. The van der Waals surface area contributed by atoms with E-state index in [4.69, 9.17) is 0 Å². The summed E-state index contributed by atoms with van der Waals surface area (Å²) in [6.45, 7) is 1.44. The third-order valence-electron chi connectivity index (χ3n) is 4.49. The van der Waals surface area contributed by atoms with Crippen LogP contribution in [-0.2, 0) is 16.6 Å². The summed E-state index contributed by atoms with van der Waals surface area (Å²) in [5, 5.41) is 0. The molecule has 0 saturated carbocycles. The second-order valence-corrected chi connectivity index (χ2v) is 8.18. The molecule has 144 valence electrons. The third kappa shape index (κ3) is 4.70. The van der Waals surface area contributed by atoms with E-state index in [0.717, 1.165) is 44.5 Å². The minimum atomic E-state index is -4.12. The average Bonchev–Trinajstić information content (AvgIpc) is 2.67. The molecule has 1 amide bonds. The van der Waals surface area contributed by atoms with E-state index in [1.54, 1.807) is 24.3 Å². The zero-order chi connectivity index (χ0) is 19.4.